The number of rotatable bonds is 3. The van der Waals surface area contributed by atoms with Crippen LogP contribution >= 0.6 is 0 Å². The van der Waals surface area contributed by atoms with Gasteiger partial charge in [0.25, 0.3) is 0 Å². The second kappa shape index (κ2) is 5.97. The third-order valence-corrected chi connectivity index (χ3v) is 6.83. The van der Waals surface area contributed by atoms with Gasteiger partial charge in [0.1, 0.15) is 0 Å². The first-order valence-corrected chi connectivity index (χ1v) is 9.48. The zero-order valence-electron chi connectivity index (χ0n) is 12.4. The van der Waals surface area contributed by atoms with Crippen molar-refractivity contribution in [3.8, 4) is 0 Å². The van der Waals surface area contributed by atoms with Gasteiger partial charge in [0, 0.05) is 18.8 Å². The van der Waals surface area contributed by atoms with Crippen LogP contribution in [0, 0.1) is 11.8 Å². The first-order valence-electron chi connectivity index (χ1n) is 7.87. The van der Waals surface area contributed by atoms with Gasteiger partial charge in [-0.15, -0.1) is 0 Å². The Morgan fingerprint density at radius 3 is 2.57 bits per heavy atom. The van der Waals surface area contributed by atoms with Gasteiger partial charge in [0.15, 0.2) is 0 Å². The molecule has 2 unspecified atom stereocenters. The lowest BCUT2D eigenvalue weighted by atomic mass is 9.76. The number of hydrogen-bond acceptors (Lipinski definition) is 3. The highest BCUT2D eigenvalue weighted by Crippen LogP contribution is 2.37. The van der Waals surface area contributed by atoms with Gasteiger partial charge in [0.05, 0.1) is 5.75 Å². The van der Waals surface area contributed by atoms with Crippen LogP contribution in [0.5, 0.6) is 0 Å². The fraction of sp³-hybridized carbons (Fsp3) is 0.625. The van der Waals surface area contributed by atoms with E-state index in [4.69, 9.17) is 5.73 Å². The Kier molecular flexibility index (Phi) is 4.22. The average Bonchev–Trinajstić information content (AvgIpc) is 2.49. The van der Waals surface area contributed by atoms with Crippen molar-refractivity contribution >= 4 is 15.7 Å². The van der Waals surface area contributed by atoms with E-state index in [0.717, 1.165) is 12.3 Å². The fourth-order valence-electron chi connectivity index (χ4n) is 3.77. The lowest BCUT2D eigenvalue weighted by Gasteiger charge is -2.40. The van der Waals surface area contributed by atoms with Crippen molar-refractivity contribution in [2.24, 2.45) is 11.8 Å². The predicted molar refractivity (Wildman–Crippen MR) is 85.1 cm³/mol. The minimum atomic E-state index is -3.26. The van der Waals surface area contributed by atoms with Crippen LogP contribution in [0.4, 0.5) is 5.69 Å². The number of para-hydroxylation sites is 1. The van der Waals surface area contributed by atoms with Gasteiger partial charge in [-0.25, -0.2) is 12.7 Å². The number of hydrogen-bond donors (Lipinski definition) is 1. The van der Waals surface area contributed by atoms with Gasteiger partial charge in [0.2, 0.25) is 10.0 Å². The smallest absolute Gasteiger partial charge is 0.218 e. The summed E-state index contributed by atoms with van der Waals surface area (Å²) < 4.78 is 27.0. The minimum absolute atomic E-state index is 0.0249. The molecule has 1 aliphatic carbocycles. The number of sulfonamides is 1. The third-order valence-electron chi connectivity index (χ3n) is 5.04. The summed E-state index contributed by atoms with van der Waals surface area (Å²) >= 11 is 0. The van der Waals surface area contributed by atoms with Crippen molar-refractivity contribution in [2.45, 2.75) is 37.9 Å². The Bertz CT molecular complexity index is 600. The highest BCUT2D eigenvalue weighted by molar-refractivity contribution is 7.88. The summed E-state index contributed by atoms with van der Waals surface area (Å²) in [4.78, 5) is 0. The normalized spacial score (nSPS) is 27.2. The zero-order chi connectivity index (χ0) is 14.9. The molecule has 2 atom stereocenters. The average molecular weight is 308 g/mol. The topological polar surface area (TPSA) is 63.4 Å². The van der Waals surface area contributed by atoms with Crippen molar-refractivity contribution in [3.63, 3.8) is 0 Å². The van der Waals surface area contributed by atoms with Crippen LogP contribution in [0.3, 0.4) is 0 Å². The van der Waals surface area contributed by atoms with Crippen LogP contribution in [-0.2, 0) is 15.8 Å². The molecule has 21 heavy (non-hydrogen) atoms. The molecule has 1 aliphatic heterocycles. The molecule has 2 fully saturated rings. The molecule has 3 rings (SSSR count). The Labute approximate surface area is 127 Å². The van der Waals surface area contributed by atoms with E-state index in [1.807, 2.05) is 12.1 Å². The Balaban J connectivity index is 1.72. The monoisotopic (exact) mass is 308 g/mol. The van der Waals surface area contributed by atoms with Crippen LogP contribution in [0.15, 0.2) is 24.3 Å². The molecule has 1 heterocycles. The number of nitrogen functional groups attached to an aromatic ring is 1. The molecule has 0 amide bonds. The number of anilines is 1. The fourth-order valence-corrected chi connectivity index (χ4v) is 5.41. The number of piperidine rings is 1. The van der Waals surface area contributed by atoms with Crippen LogP contribution in [0.2, 0.25) is 0 Å². The molecule has 1 saturated heterocycles. The second-order valence-electron chi connectivity index (χ2n) is 6.41. The number of nitrogens with zero attached hydrogens (tertiary/aromatic N) is 1. The molecule has 0 bridgehead atoms. The third kappa shape index (κ3) is 3.24. The summed E-state index contributed by atoms with van der Waals surface area (Å²) in [6.45, 7) is 1.38. The van der Waals surface area contributed by atoms with Crippen molar-refractivity contribution in [1.29, 1.82) is 0 Å². The van der Waals surface area contributed by atoms with E-state index in [0.29, 0.717) is 30.3 Å². The van der Waals surface area contributed by atoms with E-state index < -0.39 is 10.0 Å². The van der Waals surface area contributed by atoms with Gasteiger partial charge in [-0.2, -0.15) is 0 Å². The molecule has 5 heteroatoms. The Hall–Kier alpha value is -1.07. The molecule has 0 radical (unpaired) electrons. The first kappa shape index (κ1) is 14.9. The molecule has 2 N–H and O–H groups in total. The van der Waals surface area contributed by atoms with E-state index in [1.54, 1.807) is 16.4 Å². The maximum Gasteiger partial charge on any atom is 0.218 e. The summed E-state index contributed by atoms with van der Waals surface area (Å²) in [5, 5.41) is 0. The highest BCUT2D eigenvalue weighted by atomic mass is 32.2. The van der Waals surface area contributed by atoms with E-state index in [1.165, 1.54) is 25.7 Å². The summed E-state index contributed by atoms with van der Waals surface area (Å²) in [5.74, 6) is 1.33. The van der Waals surface area contributed by atoms with Crippen molar-refractivity contribution in [2.75, 3.05) is 18.8 Å². The standard InChI is InChI=1S/C16H24N2O2S/c17-16-8-4-3-7-15(16)12-21(19,20)18-10-9-13-5-1-2-6-14(13)11-18/h3-4,7-8,13-14H,1-2,5-6,9-12,17H2. The molecular weight excluding hydrogens is 284 g/mol. The van der Waals surface area contributed by atoms with Crippen LogP contribution in [0.1, 0.15) is 37.7 Å². The number of benzene rings is 1. The van der Waals surface area contributed by atoms with Gasteiger partial charge >= 0.3 is 0 Å². The summed E-state index contributed by atoms with van der Waals surface area (Å²) in [7, 11) is -3.26. The van der Waals surface area contributed by atoms with E-state index in [-0.39, 0.29) is 5.75 Å². The minimum Gasteiger partial charge on any atom is -0.398 e. The largest absolute Gasteiger partial charge is 0.398 e. The summed E-state index contributed by atoms with van der Waals surface area (Å²) in [6, 6.07) is 7.24. The molecule has 4 nitrogen and oxygen atoms in total. The Morgan fingerprint density at radius 1 is 1.10 bits per heavy atom. The quantitative estimate of drug-likeness (QED) is 0.873. The van der Waals surface area contributed by atoms with E-state index in [2.05, 4.69) is 0 Å². The molecule has 0 spiro atoms. The SMILES string of the molecule is Nc1ccccc1CS(=O)(=O)N1CCC2CCCCC2C1. The predicted octanol–water partition coefficient (Wildman–Crippen LogP) is 2.61. The maximum atomic E-state index is 12.7. The molecule has 1 saturated carbocycles. The Morgan fingerprint density at radius 2 is 1.81 bits per heavy atom. The van der Waals surface area contributed by atoms with Crippen LogP contribution in [0.25, 0.3) is 0 Å². The molecule has 1 aromatic rings. The molecular formula is C16H24N2O2S. The molecule has 0 aromatic heterocycles. The van der Waals surface area contributed by atoms with Crippen molar-refractivity contribution < 1.29 is 8.42 Å². The number of nitrogens with two attached hydrogens (primary N) is 1. The lowest BCUT2D eigenvalue weighted by molar-refractivity contribution is 0.136. The van der Waals surface area contributed by atoms with Crippen LogP contribution < -0.4 is 5.73 Å². The highest BCUT2D eigenvalue weighted by Gasteiger charge is 2.35. The molecule has 116 valence electrons. The first-order chi connectivity index (χ1) is 10.1. The van der Waals surface area contributed by atoms with Crippen molar-refractivity contribution in [1.82, 2.24) is 4.31 Å². The van der Waals surface area contributed by atoms with Gasteiger partial charge in [-0.3, -0.25) is 0 Å². The van der Waals surface area contributed by atoms with E-state index >= 15 is 0 Å². The summed E-state index contributed by atoms with van der Waals surface area (Å²) in [6.07, 6.45) is 6.05. The van der Waals surface area contributed by atoms with Gasteiger partial charge in [-0.1, -0.05) is 37.5 Å². The van der Waals surface area contributed by atoms with Gasteiger partial charge < -0.3 is 5.73 Å². The lowest BCUT2D eigenvalue weighted by Crippen LogP contribution is -2.45. The maximum absolute atomic E-state index is 12.7. The molecule has 1 aromatic carbocycles. The molecule has 2 aliphatic rings. The van der Waals surface area contributed by atoms with Gasteiger partial charge in [-0.05, 0) is 36.3 Å². The number of fused-ring (bicyclic) bond motifs is 1. The summed E-state index contributed by atoms with van der Waals surface area (Å²) in [5.41, 5.74) is 7.16. The zero-order valence-corrected chi connectivity index (χ0v) is 13.2. The van der Waals surface area contributed by atoms with E-state index in [9.17, 15) is 8.42 Å². The van der Waals surface area contributed by atoms with Crippen molar-refractivity contribution in [3.05, 3.63) is 29.8 Å². The second-order valence-corrected chi connectivity index (χ2v) is 8.38. The van der Waals surface area contributed by atoms with Crippen LogP contribution in [-0.4, -0.2) is 25.8 Å².